The Balaban J connectivity index is 1.11. The molecule has 266 valence electrons. The van der Waals surface area contributed by atoms with Gasteiger partial charge in [0.25, 0.3) is 0 Å². The summed E-state index contributed by atoms with van der Waals surface area (Å²) in [7, 11) is 1.70. The molecule has 0 aromatic rings. The highest BCUT2D eigenvalue weighted by molar-refractivity contribution is 5.21. The fourth-order valence-corrected chi connectivity index (χ4v) is 11.6. The van der Waals surface area contributed by atoms with Crippen LogP contribution in [0.15, 0.2) is 0 Å². The molecule has 0 radical (unpaired) electrons. The minimum absolute atomic E-state index is 0.00701. The van der Waals surface area contributed by atoms with E-state index in [1.807, 2.05) is 13.8 Å². The predicted octanol–water partition coefficient (Wildman–Crippen LogP) is 0.283. The summed E-state index contributed by atoms with van der Waals surface area (Å²) in [5.74, 6) is 0.313. The molecule has 19 atom stereocenters. The van der Waals surface area contributed by atoms with Crippen LogP contribution in [0.2, 0.25) is 0 Å². The number of hydrogen-bond acceptors (Lipinski definition) is 12. The van der Waals surface area contributed by atoms with Crippen molar-refractivity contribution >= 4 is 0 Å². The SMILES string of the molecule is COC1(CCC(C)COC2OC(CO)C(O)C(O)C2O)OC2CC3C4CCC5(O)C(O)C(O)CC(O)C5(C)C4CCC3(C)C2C1C. The molecule has 4 saturated carbocycles. The summed E-state index contributed by atoms with van der Waals surface area (Å²) in [5.41, 5.74) is -2.43. The van der Waals surface area contributed by atoms with E-state index in [1.54, 1.807) is 7.11 Å². The predicted molar refractivity (Wildman–Crippen MR) is 163 cm³/mol. The lowest BCUT2D eigenvalue weighted by Crippen LogP contribution is -2.73. The van der Waals surface area contributed by atoms with Gasteiger partial charge < -0.3 is 59.8 Å². The summed E-state index contributed by atoms with van der Waals surface area (Å²) in [6.45, 7) is 8.29. The topological polar surface area (TPSA) is 199 Å². The van der Waals surface area contributed by atoms with Gasteiger partial charge in [-0.15, -0.1) is 0 Å². The van der Waals surface area contributed by atoms with Crippen LogP contribution >= 0.6 is 0 Å². The highest BCUT2D eigenvalue weighted by Crippen LogP contribution is 2.71. The maximum Gasteiger partial charge on any atom is 0.186 e. The minimum atomic E-state index is -1.52. The molecule has 6 rings (SSSR count). The average Bonchev–Trinajstić information content (AvgIpc) is 3.49. The van der Waals surface area contributed by atoms with Gasteiger partial charge in [-0.05, 0) is 73.5 Å². The van der Waals surface area contributed by atoms with E-state index in [0.717, 1.165) is 25.7 Å². The van der Waals surface area contributed by atoms with E-state index in [1.165, 1.54) is 0 Å². The lowest BCUT2D eigenvalue weighted by molar-refractivity contribution is -0.303. The maximum absolute atomic E-state index is 11.8. The molecule has 0 amide bonds. The summed E-state index contributed by atoms with van der Waals surface area (Å²) in [4.78, 5) is 0. The zero-order valence-electron chi connectivity index (χ0n) is 27.9. The number of ether oxygens (including phenoxy) is 4. The van der Waals surface area contributed by atoms with Crippen LogP contribution < -0.4 is 0 Å². The van der Waals surface area contributed by atoms with Gasteiger partial charge in [-0.25, -0.2) is 0 Å². The van der Waals surface area contributed by atoms with E-state index in [2.05, 4.69) is 13.8 Å². The molecule has 2 aliphatic heterocycles. The highest BCUT2D eigenvalue weighted by atomic mass is 16.7. The molecule has 0 bridgehead atoms. The first-order valence-corrected chi connectivity index (χ1v) is 17.5. The third-order valence-corrected chi connectivity index (χ3v) is 14.4. The van der Waals surface area contributed by atoms with Crippen molar-refractivity contribution in [2.75, 3.05) is 20.3 Å². The van der Waals surface area contributed by atoms with E-state index in [0.29, 0.717) is 25.2 Å². The number of methoxy groups -OCH3 is 1. The highest BCUT2D eigenvalue weighted by Gasteiger charge is 2.73. The molecule has 12 heteroatoms. The van der Waals surface area contributed by atoms with Gasteiger partial charge in [0, 0.05) is 31.3 Å². The van der Waals surface area contributed by atoms with Crippen molar-refractivity contribution < 1.29 is 59.8 Å². The van der Waals surface area contributed by atoms with Crippen LogP contribution in [-0.2, 0) is 18.9 Å². The Morgan fingerprint density at radius 1 is 0.935 bits per heavy atom. The Morgan fingerprint density at radius 2 is 1.65 bits per heavy atom. The molecule has 2 saturated heterocycles. The molecule has 19 unspecified atom stereocenters. The van der Waals surface area contributed by atoms with Crippen LogP contribution in [0.5, 0.6) is 0 Å². The van der Waals surface area contributed by atoms with Gasteiger partial charge in [0.2, 0.25) is 0 Å². The van der Waals surface area contributed by atoms with Crippen molar-refractivity contribution in [2.24, 2.45) is 46.3 Å². The normalized spacial score (nSPS) is 57.3. The summed E-state index contributed by atoms with van der Waals surface area (Å²) < 4.78 is 24.4. The standard InChI is InChI=1S/C34H58O12/c1-16(15-44-30-28(40)27(39)26(38)23(14-35)45-30)6-11-34(43-5)17(2)25-22(46-34)12-20-18-7-10-33(42)29(41)21(36)13-24(37)32(33,4)19(18)8-9-31(20,25)3/h16-30,35-42H,6-15H2,1-5H3. The van der Waals surface area contributed by atoms with E-state index < -0.39 is 72.4 Å². The molecular formula is C34H58O12. The van der Waals surface area contributed by atoms with Gasteiger partial charge in [0.05, 0.1) is 31.5 Å². The summed E-state index contributed by atoms with van der Waals surface area (Å²) >= 11 is 0. The van der Waals surface area contributed by atoms with Crippen molar-refractivity contribution in [2.45, 2.75) is 146 Å². The van der Waals surface area contributed by atoms with Gasteiger partial charge in [-0.3, -0.25) is 0 Å². The minimum Gasteiger partial charge on any atom is -0.394 e. The van der Waals surface area contributed by atoms with Crippen molar-refractivity contribution in [1.82, 2.24) is 0 Å². The van der Waals surface area contributed by atoms with E-state index >= 15 is 0 Å². The Hall–Kier alpha value is -0.480. The maximum atomic E-state index is 11.8. The van der Waals surface area contributed by atoms with Gasteiger partial charge in [0.15, 0.2) is 12.1 Å². The lowest BCUT2D eigenvalue weighted by Gasteiger charge is -2.66. The molecule has 6 fully saturated rings. The monoisotopic (exact) mass is 658 g/mol. The Bertz CT molecular complexity index is 1090. The summed E-state index contributed by atoms with van der Waals surface area (Å²) in [6, 6.07) is 0. The first-order valence-electron chi connectivity index (χ1n) is 17.5. The third kappa shape index (κ3) is 4.99. The third-order valence-electron chi connectivity index (χ3n) is 14.4. The molecule has 46 heavy (non-hydrogen) atoms. The second-order valence-corrected chi connectivity index (χ2v) is 16.3. The van der Waals surface area contributed by atoms with Crippen LogP contribution in [0.3, 0.4) is 0 Å². The quantitative estimate of drug-likeness (QED) is 0.178. The second-order valence-electron chi connectivity index (χ2n) is 16.3. The first-order chi connectivity index (χ1) is 21.6. The lowest BCUT2D eigenvalue weighted by atomic mass is 9.41. The number of fused-ring (bicyclic) bond motifs is 7. The number of rotatable bonds is 8. The van der Waals surface area contributed by atoms with Crippen LogP contribution in [0, 0.1) is 46.3 Å². The Morgan fingerprint density at radius 3 is 2.33 bits per heavy atom. The van der Waals surface area contributed by atoms with E-state index in [-0.39, 0.29) is 54.1 Å². The van der Waals surface area contributed by atoms with Crippen molar-refractivity contribution in [3.8, 4) is 0 Å². The number of aliphatic hydroxyl groups excluding tert-OH is 7. The molecular weight excluding hydrogens is 600 g/mol. The summed E-state index contributed by atoms with van der Waals surface area (Å²) in [5, 5.41) is 84.4. The molecule has 8 N–H and O–H groups in total. The van der Waals surface area contributed by atoms with Gasteiger partial charge in [-0.2, -0.15) is 0 Å². The molecule has 0 aromatic carbocycles. The van der Waals surface area contributed by atoms with E-state index in [9.17, 15) is 40.9 Å². The molecule has 12 nitrogen and oxygen atoms in total. The fourth-order valence-electron chi connectivity index (χ4n) is 11.6. The fraction of sp³-hybridized carbons (Fsp3) is 1.00. The molecule has 2 heterocycles. The Labute approximate surface area is 272 Å². The van der Waals surface area contributed by atoms with Gasteiger partial charge in [-0.1, -0.05) is 27.7 Å². The van der Waals surface area contributed by atoms with Crippen molar-refractivity contribution in [3.63, 3.8) is 0 Å². The van der Waals surface area contributed by atoms with Crippen LogP contribution in [0.4, 0.5) is 0 Å². The molecule has 0 aromatic heterocycles. The molecule has 6 aliphatic rings. The van der Waals surface area contributed by atoms with E-state index in [4.69, 9.17) is 18.9 Å². The second kappa shape index (κ2) is 12.4. The van der Waals surface area contributed by atoms with Crippen molar-refractivity contribution in [3.05, 3.63) is 0 Å². The van der Waals surface area contributed by atoms with Crippen molar-refractivity contribution in [1.29, 1.82) is 0 Å². The zero-order chi connectivity index (χ0) is 33.6. The first kappa shape index (κ1) is 35.3. The Kier molecular flexibility index (Phi) is 9.52. The van der Waals surface area contributed by atoms with Crippen LogP contribution in [0.25, 0.3) is 0 Å². The number of aliphatic hydroxyl groups is 8. The van der Waals surface area contributed by atoms with Gasteiger partial charge >= 0.3 is 0 Å². The largest absolute Gasteiger partial charge is 0.394 e. The molecule has 0 spiro atoms. The summed E-state index contributed by atoms with van der Waals surface area (Å²) in [6.07, 6.45) is -4.66. The smallest absolute Gasteiger partial charge is 0.186 e. The molecule has 4 aliphatic carbocycles. The van der Waals surface area contributed by atoms with Gasteiger partial charge in [0.1, 0.15) is 36.1 Å². The zero-order valence-corrected chi connectivity index (χ0v) is 27.9. The van der Waals surface area contributed by atoms with Crippen LogP contribution in [-0.4, -0.2) is 128 Å². The average molecular weight is 659 g/mol. The van der Waals surface area contributed by atoms with Crippen LogP contribution in [0.1, 0.15) is 79.1 Å². The number of hydrogen-bond donors (Lipinski definition) is 8.